The van der Waals surface area contributed by atoms with Crippen LogP contribution in [0.25, 0.3) is 0 Å². The van der Waals surface area contributed by atoms with Crippen LogP contribution in [0.5, 0.6) is 0 Å². The lowest BCUT2D eigenvalue weighted by Crippen LogP contribution is -2.48. The fraction of sp³-hybridized carbons (Fsp3) is 0.684. The minimum absolute atomic E-state index is 0.0471. The standard InChI is InChI=1S/C19H31NO2/c1-14(21)10-16(15-8-6-5-7-9-15)13-20-17-11-18(12-17)22-19(2,3)4/h5-9,14,16-18,20-21H,10-13H2,1-4H3. The summed E-state index contributed by atoms with van der Waals surface area (Å²) in [5.41, 5.74) is 1.26. The molecule has 1 fully saturated rings. The first-order chi connectivity index (χ1) is 10.3. The molecule has 22 heavy (non-hydrogen) atoms. The van der Waals surface area contributed by atoms with E-state index < -0.39 is 0 Å². The SMILES string of the molecule is CC(O)CC(CNC1CC(OC(C)(C)C)C1)c1ccccc1. The number of hydrogen-bond donors (Lipinski definition) is 2. The predicted molar refractivity (Wildman–Crippen MR) is 91.1 cm³/mol. The zero-order chi connectivity index (χ0) is 16.2. The van der Waals surface area contributed by atoms with E-state index in [1.54, 1.807) is 0 Å². The van der Waals surface area contributed by atoms with Crippen LogP contribution in [0.1, 0.15) is 58.4 Å². The molecule has 2 N–H and O–H groups in total. The molecule has 0 aliphatic heterocycles. The topological polar surface area (TPSA) is 41.5 Å². The highest BCUT2D eigenvalue weighted by atomic mass is 16.5. The highest BCUT2D eigenvalue weighted by Crippen LogP contribution is 2.29. The van der Waals surface area contributed by atoms with E-state index >= 15 is 0 Å². The second-order valence-electron chi connectivity index (χ2n) is 7.62. The van der Waals surface area contributed by atoms with Gasteiger partial charge in [-0.3, -0.25) is 0 Å². The van der Waals surface area contributed by atoms with Crippen molar-refractivity contribution >= 4 is 0 Å². The van der Waals surface area contributed by atoms with E-state index in [4.69, 9.17) is 4.74 Å². The third kappa shape index (κ3) is 5.71. The van der Waals surface area contributed by atoms with Crippen LogP contribution in [-0.2, 0) is 4.74 Å². The van der Waals surface area contributed by atoms with Crippen LogP contribution in [0.2, 0.25) is 0 Å². The highest BCUT2D eigenvalue weighted by molar-refractivity contribution is 5.20. The molecule has 0 radical (unpaired) electrons. The maximum atomic E-state index is 9.74. The average molecular weight is 305 g/mol. The van der Waals surface area contributed by atoms with Crippen LogP contribution in [0.4, 0.5) is 0 Å². The molecule has 0 amide bonds. The first-order valence-corrected chi connectivity index (χ1v) is 8.47. The van der Waals surface area contributed by atoms with Gasteiger partial charge in [0.1, 0.15) is 0 Å². The van der Waals surface area contributed by atoms with Crippen LogP contribution >= 0.6 is 0 Å². The van der Waals surface area contributed by atoms with Gasteiger partial charge in [-0.15, -0.1) is 0 Å². The molecule has 1 aliphatic carbocycles. The Labute approximate surface area is 135 Å². The van der Waals surface area contributed by atoms with Crippen LogP contribution < -0.4 is 5.32 Å². The molecule has 124 valence electrons. The van der Waals surface area contributed by atoms with Crippen molar-refractivity contribution in [2.24, 2.45) is 0 Å². The van der Waals surface area contributed by atoms with Crippen molar-refractivity contribution in [3.8, 4) is 0 Å². The van der Waals surface area contributed by atoms with Crippen molar-refractivity contribution in [2.45, 2.75) is 76.7 Å². The summed E-state index contributed by atoms with van der Waals surface area (Å²) in [5.74, 6) is 0.365. The number of benzene rings is 1. The quantitative estimate of drug-likeness (QED) is 0.810. The maximum absolute atomic E-state index is 9.74. The molecule has 0 aromatic heterocycles. The number of aliphatic hydroxyl groups is 1. The summed E-state index contributed by atoms with van der Waals surface area (Å²) < 4.78 is 5.98. The number of aliphatic hydroxyl groups excluding tert-OH is 1. The summed E-state index contributed by atoms with van der Waals surface area (Å²) in [5, 5.41) is 13.4. The van der Waals surface area contributed by atoms with Gasteiger partial charge in [0, 0.05) is 12.6 Å². The second-order valence-corrected chi connectivity index (χ2v) is 7.62. The fourth-order valence-electron chi connectivity index (χ4n) is 3.11. The van der Waals surface area contributed by atoms with Crippen molar-refractivity contribution in [2.75, 3.05) is 6.54 Å². The first kappa shape index (κ1) is 17.5. The van der Waals surface area contributed by atoms with E-state index in [1.807, 2.05) is 13.0 Å². The summed E-state index contributed by atoms with van der Waals surface area (Å²) in [4.78, 5) is 0. The molecule has 1 aromatic carbocycles. The van der Waals surface area contributed by atoms with Gasteiger partial charge in [-0.25, -0.2) is 0 Å². The third-order valence-electron chi connectivity index (χ3n) is 4.16. The second kappa shape index (κ2) is 7.58. The molecule has 0 saturated heterocycles. The largest absolute Gasteiger partial charge is 0.393 e. The Balaban J connectivity index is 1.78. The molecule has 1 aliphatic rings. The Morgan fingerprint density at radius 3 is 2.41 bits per heavy atom. The van der Waals surface area contributed by atoms with Gasteiger partial charge < -0.3 is 15.2 Å². The molecular weight excluding hydrogens is 274 g/mol. The van der Waals surface area contributed by atoms with Crippen molar-refractivity contribution in [1.29, 1.82) is 0 Å². The Kier molecular flexibility index (Phi) is 6.01. The van der Waals surface area contributed by atoms with Crippen LogP contribution in [-0.4, -0.2) is 35.5 Å². The van der Waals surface area contributed by atoms with Gasteiger partial charge in [-0.1, -0.05) is 30.3 Å². The van der Waals surface area contributed by atoms with Gasteiger partial charge in [-0.05, 0) is 58.4 Å². The highest BCUT2D eigenvalue weighted by Gasteiger charge is 2.33. The maximum Gasteiger partial charge on any atom is 0.0612 e. The molecule has 3 nitrogen and oxygen atoms in total. The zero-order valence-corrected chi connectivity index (χ0v) is 14.4. The molecule has 0 bridgehead atoms. The van der Waals surface area contributed by atoms with Gasteiger partial charge >= 0.3 is 0 Å². The van der Waals surface area contributed by atoms with Gasteiger partial charge in [0.05, 0.1) is 17.8 Å². The van der Waals surface area contributed by atoms with Gasteiger partial charge in [0.25, 0.3) is 0 Å². The molecule has 1 saturated carbocycles. The molecule has 0 spiro atoms. The minimum atomic E-state index is -0.273. The summed E-state index contributed by atoms with van der Waals surface area (Å²) >= 11 is 0. The zero-order valence-electron chi connectivity index (χ0n) is 14.4. The average Bonchev–Trinajstić information content (AvgIpc) is 2.39. The molecule has 2 unspecified atom stereocenters. The number of nitrogens with one attached hydrogen (secondary N) is 1. The van der Waals surface area contributed by atoms with Crippen molar-refractivity contribution < 1.29 is 9.84 Å². The molecule has 2 rings (SSSR count). The van der Waals surface area contributed by atoms with Crippen molar-refractivity contribution in [3.05, 3.63) is 35.9 Å². The van der Waals surface area contributed by atoms with Gasteiger partial charge in [0.2, 0.25) is 0 Å². The summed E-state index contributed by atoms with van der Waals surface area (Å²) in [6.45, 7) is 9.12. The van der Waals surface area contributed by atoms with Gasteiger partial charge in [0.15, 0.2) is 0 Å². The van der Waals surface area contributed by atoms with Crippen LogP contribution in [0.15, 0.2) is 30.3 Å². The van der Waals surface area contributed by atoms with Crippen molar-refractivity contribution in [3.63, 3.8) is 0 Å². The summed E-state index contributed by atoms with van der Waals surface area (Å²) in [6.07, 6.45) is 3.10. The Morgan fingerprint density at radius 2 is 1.86 bits per heavy atom. The fourth-order valence-corrected chi connectivity index (χ4v) is 3.11. The molecular formula is C19H31NO2. The first-order valence-electron chi connectivity index (χ1n) is 8.47. The predicted octanol–water partition coefficient (Wildman–Crippen LogP) is 3.48. The molecule has 3 heteroatoms. The van der Waals surface area contributed by atoms with Crippen LogP contribution in [0, 0.1) is 0 Å². The minimum Gasteiger partial charge on any atom is -0.393 e. The van der Waals surface area contributed by atoms with Crippen LogP contribution in [0.3, 0.4) is 0 Å². The molecule has 0 heterocycles. The third-order valence-corrected chi connectivity index (χ3v) is 4.16. The summed E-state index contributed by atoms with van der Waals surface area (Å²) in [7, 11) is 0. The van der Waals surface area contributed by atoms with E-state index in [0.717, 1.165) is 25.8 Å². The van der Waals surface area contributed by atoms with Gasteiger partial charge in [-0.2, -0.15) is 0 Å². The lowest BCUT2D eigenvalue weighted by atomic mass is 9.87. The van der Waals surface area contributed by atoms with E-state index in [0.29, 0.717) is 18.1 Å². The Hall–Kier alpha value is -0.900. The monoisotopic (exact) mass is 305 g/mol. The smallest absolute Gasteiger partial charge is 0.0612 e. The van der Waals surface area contributed by atoms with E-state index in [1.165, 1.54) is 5.56 Å². The number of hydrogen-bond acceptors (Lipinski definition) is 3. The Morgan fingerprint density at radius 1 is 1.23 bits per heavy atom. The van der Waals surface area contributed by atoms with Crippen molar-refractivity contribution in [1.82, 2.24) is 5.32 Å². The number of rotatable bonds is 7. The lowest BCUT2D eigenvalue weighted by molar-refractivity contribution is -0.102. The molecule has 1 aromatic rings. The lowest BCUT2D eigenvalue weighted by Gasteiger charge is -2.40. The summed E-state index contributed by atoms with van der Waals surface area (Å²) in [6, 6.07) is 11.0. The molecule has 2 atom stereocenters. The van der Waals surface area contributed by atoms with E-state index in [2.05, 4.69) is 50.4 Å². The number of ether oxygens (including phenoxy) is 1. The van der Waals surface area contributed by atoms with E-state index in [-0.39, 0.29) is 11.7 Å². The van der Waals surface area contributed by atoms with E-state index in [9.17, 15) is 5.11 Å². The Bertz CT molecular complexity index is 432. The normalized spacial score (nSPS) is 24.6.